The van der Waals surface area contributed by atoms with Gasteiger partial charge in [0, 0.05) is 27.9 Å². The van der Waals surface area contributed by atoms with Gasteiger partial charge in [-0.3, -0.25) is 9.59 Å². The number of nitrogens with one attached hydrogen (secondary N) is 1. The topological polar surface area (TPSA) is 66.4 Å². The molecule has 3 saturated carbocycles. The van der Waals surface area contributed by atoms with Crippen molar-refractivity contribution in [3.8, 4) is 0 Å². The number of allylic oxidation sites excluding steroid dienone is 2. The number of carbonyl (C=O) groups excluding carboxylic acids is 1. The Morgan fingerprint density at radius 1 is 1.26 bits per heavy atom. The van der Waals surface area contributed by atoms with Crippen molar-refractivity contribution >= 4 is 33.3 Å². The predicted molar refractivity (Wildman–Crippen MR) is 127 cm³/mol. The SMILES string of the molecule is Cc1ccc2scc(C(=O)NC3[C@H](CC=CCCCC(=O)O)C[C@@H]4C[C@H]3C4(C)C)c2c1. The molecule has 1 amide bonds. The van der Waals surface area contributed by atoms with Crippen LogP contribution in [0.15, 0.2) is 35.7 Å². The minimum atomic E-state index is -0.734. The number of hydrogen-bond donors (Lipinski definition) is 2. The van der Waals surface area contributed by atoms with Crippen LogP contribution in [0.1, 0.15) is 68.3 Å². The van der Waals surface area contributed by atoms with Gasteiger partial charge >= 0.3 is 5.97 Å². The molecule has 4 atom stereocenters. The second-order valence-electron chi connectivity index (χ2n) is 10.00. The summed E-state index contributed by atoms with van der Waals surface area (Å²) in [5.74, 6) is 1.02. The van der Waals surface area contributed by atoms with E-state index in [-0.39, 0.29) is 23.8 Å². The first-order valence-electron chi connectivity index (χ1n) is 11.4. The lowest BCUT2D eigenvalue weighted by Gasteiger charge is -2.62. The average molecular weight is 440 g/mol. The minimum Gasteiger partial charge on any atom is -0.481 e. The number of unbranched alkanes of at least 4 members (excludes halogenated alkanes) is 1. The number of rotatable bonds is 8. The van der Waals surface area contributed by atoms with E-state index in [1.54, 1.807) is 11.3 Å². The number of fused-ring (bicyclic) bond motifs is 3. The number of carboxylic acid groups (broad SMARTS) is 1. The molecular weight excluding hydrogens is 406 g/mol. The van der Waals surface area contributed by atoms with Crippen LogP contribution in [0.4, 0.5) is 0 Å². The molecule has 5 heteroatoms. The van der Waals surface area contributed by atoms with Gasteiger partial charge in [-0.15, -0.1) is 11.3 Å². The fourth-order valence-corrected chi connectivity index (χ4v) is 6.60. The van der Waals surface area contributed by atoms with Crippen LogP contribution in [0, 0.1) is 30.1 Å². The Hall–Kier alpha value is -2.14. The van der Waals surface area contributed by atoms with Crippen LogP contribution in [-0.2, 0) is 4.79 Å². The van der Waals surface area contributed by atoms with Crippen molar-refractivity contribution in [1.82, 2.24) is 5.32 Å². The monoisotopic (exact) mass is 439 g/mol. The van der Waals surface area contributed by atoms with E-state index in [9.17, 15) is 9.59 Å². The summed E-state index contributed by atoms with van der Waals surface area (Å²) in [5.41, 5.74) is 2.25. The van der Waals surface area contributed by atoms with Crippen LogP contribution >= 0.6 is 11.3 Å². The minimum absolute atomic E-state index is 0.0541. The third kappa shape index (κ3) is 4.43. The quantitative estimate of drug-likeness (QED) is 0.381. The van der Waals surface area contributed by atoms with Crippen LogP contribution in [0.3, 0.4) is 0 Å². The zero-order chi connectivity index (χ0) is 22.2. The lowest BCUT2D eigenvalue weighted by molar-refractivity contribution is -0.137. The molecule has 4 nitrogen and oxygen atoms in total. The molecule has 5 rings (SSSR count). The van der Waals surface area contributed by atoms with Crippen molar-refractivity contribution in [3.05, 3.63) is 46.9 Å². The Morgan fingerprint density at radius 2 is 2.06 bits per heavy atom. The molecule has 0 spiro atoms. The van der Waals surface area contributed by atoms with E-state index in [4.69, 9.17) is 5.11 Å². The number of amides is 1. The van der Waals surface area contributed by atoms with E-state index in [2.05, 4.69) is 56.4 Å². The number of thiophene rings is 1. The molecule has 2 bridgehead atoms. The van der Waals surface area contributed by atoms with Crippen molar-refractivity contribution in [1.29, 1.82) is 0 Å². The normalized spacial score (nSPS) is 26.7. The second-order valence-corrected chi connectivity index (χ2v) is 10.9. The third-order valence-electron chi connectivity index (χ3n) is 7.71. The highest BCUT2D eigenvalue weighted by molar-refractivity contribution is 7.17. The molecule has 3 aliphatic rings. The highest BCUT2D eigenvalue weighted by Crippen LogP contribution is 2.61. The number of aryl methyl sites for hydroxylation is 1. The Bertz CT molecular complexity index is 1010. The molecule has 1 aromatic heterocycles. The van der Waals surface area contributed by atoms with Crippen LogP contribution < -0.4 is 5.32 Å². The van der Waals surface area contributed by atoms with Crippen molar-refractivity contribution in [2.75, 3.05) is 0 Å². The van der Waals surface area contributed by atoms with Crippen molar-refractivity contribution < 1.29 is 14.7 Å². The number of carbonyl (C=O) groups is 2. The Balaban J connectivity index is 1.46. The molecule has 2 N–H and O–H groups in total. The molecule has 0 aliphatic heterocycles. The van der Waals surface area contributed by atoms with Gasteiger partial charge in [0.1, 0.15) is 0 Å². The molecular formula is C26H33NO3S. The summed E-state index contributed by atoms with van der Waals surface area (Å²) in [5, 5.41) is 15.3. The second kappa shape index (κ2) is 8.78. The number of hydrogen-bond acceptors (Lipinski definition) is 3. The molecule has 1 unspecified atom stereocenters. The Labute approximate surface area is 188 Å². The lowest BCUT2D eigenvalue weighted by Crippen LogP contribution is -2.63. The first kappa shape index (κ1) is 22.1. The van der Waals surface area contributed by atoms with Gasteiger partial charge < -0.3 is 10.4 Å². The van der Waals surface area contributed by atoms with Crippen LogP contribution in [0.2, 0.25) is 0 Å². The highest BCUT2D eigenvalue weighted by atomic mass is 32.1. The predicted octanol–water partition coefficient (Wildman–Crippen LogP) is 6.19. The standard InChI is InChI=1S/C26H33NO3S/c1-16-10-11-22-19(12-16)20(15-31-22)25(30)27-24-17(8-6-4-5-7-9-23(28)29)13-18-14-21(24)26(18,2)3/h4,6,10-12,15,17-18,21,24H,5,7-9,13-14H2,1-3H3,(H,27,30)(H,28,29)/t17-,18-,21-,24?/m1/s1. The summed E-state index contributed by atoms with van der Waals surface area (Å²) in [6.07, 6.45) is 9.32. The van der Waals surface area contributed by atoms with Gasteiger partial charge in [0.2, 0.25) is 0 Å². The molecule has 1 heterocycles. The summed E-state index contributed by atoms with van der Waals surface area (Å²) < 4.78 is 1.16. The van der Waals surface area contributed by atoms with Crippen LogP contribution in [0.5, 0.6) is 0 Å². The fraction of sp³-hybridized carbons (Fsp3) is 0.538. The van der Waals surface area contributed by atoms with Crippen LogP contribution in [-0.4, -0.2) is 23.0 Å². The summed E-state index contributed by atoms with van der Waals surface area (Å²) in [6, 6.07) is 6.50. The Morgan fingerprint density at radius 3 is 2.81 bits per heavy atom. The molecule has 31 heavy (non-hydrogen) atoms. The molecule has 3 fully saturated rings. The molecule has 3 aliphatic carbocycles. The fourth-order valence-electron chi connectivity index (χ4n) is 5.68. The van der Waals surface area contributed by atoms with Crippen molar-refractivity contribution in [2.45, 2.75) is 65.3 Å². The molecule has 0 radical (unpaired) electrons. The largest absolute Gasteiger partial charge is 0.481 e. The number of carboxylic acids is 1. The van der Waals surface area contributed by atoms with Gasteiger partial charge in [0.15, 0.2) is 0 Å². The summed E-state index contributed by atoms with van der Waals surface area (Å²) in [4.78, 5) is 24.0. The number of benzene rings is 1. The maximum absolute atomic E-state index is 13.3. The van der Waals surface area contributed by atoms with Gasteiger partial charge in [-0.05, 0) is 74.3 Å². The lowest BCUT2D eigenvalue weighted by atomic mass is 9.44. The third-order valence-corrected chi connectivity index (χ3v) is 8.68. The maximum atomic E-state index is 13.3. The first-order valence-corrected chi connectivity index (χ1v) is 12.3. The van der Waals surface area contributed by atoms with E-state index in [1.807, 2.05) is 5.38 Å². The number of aliphatic carboxylic acids is 1. The molecule has 1 aromatic carbocycles. The summed E-state index contributed by atoms with van der Waals surface area (Å²) >= 11 is 1.63. The van der Waals surface area contributed by atoms with E-state index in [1.165, 1.54) is 12.0 Å². The summed E-state index contributed by atoms with van der Waals surface area (Å²) in [6.45, 7) is 6.77. The highest BCUT2D eigenvalue weighted by Gasteiger charge is 2.57. The van der Waals surface area contributed by atoms with E-state index in [0.29, 0.717) is 18.3 Å². The van der Waals surface area contributed by atoms with Crippen molar-refractivity contribution in [3.63, 3.8) is 0 Å². The Kier molecular flexibility index (Phi) is 6.25. The van der Waals surface area contributed by atoms with Crippen molar-refractivity contribution in [2.24, 2.45) is 23.2 Å². The van der Waals surface area contributed by atoms with E-state index in [0.717, 1.165) is 40.8 Å². The molecule has 0 saturated heterocycles. The average Bonchev–Trinajstić information content (AvgIpc) is 3.13. The molecule has 2 aromatic rings. The zero-order valence-electron chi connectivity index (χ0n) is 18.7. The maximum Gasteiger partial charge on any atom is 0.303 e. The zero-order valence-corrected chi connectivity index (χ0v) is 19.5. The van der Waals surface area contributed by atoms with Gasteiger partial charge in [0.05, 0.1) is 5.56 Å². The smallest absolute Gasteiger partial charge is 0.303 e. The van der Waals surface area contributed by atoms with Gasteiger partial charge in [-0.1, -0.05) is 37.6 Å². The van der Waals surface area contributed by atoms with E-state index < -0.39 is 5.97 Å². The van der Waals surface area contributed by atoms with Gasteiger partial charge in [0.25, 0.3) is 5.91 Å². The van der Waals surface area contributed by atoms with E-state index >= 15 is 0 Å². The molecule has 166 valence electrons. The van der Waals surface area contributed by atoms with Gasteiger partial charge in [-0.2, -0.15) is 0 Å². The first-order chi connectivity index (χ1) is 14.8. The van der Waals surface area contributed by atoms with Crippen LogP contribution in [0.25, 0.3) is 10.1 Å². The summed E-state index contributed by atoms with van der Waals surface area (Å²) in [7, 11) is 0. The van der Waals surface area contributed by atoms with Gasteiger partial charge in [-0.25, -0.2) is 0 Å².